The fourth-order valence-corrected chi connectivity index (χ4v) is 1.86. The monoisotopic (exact) mass is 311 g/mol. The molecule has 3 N–H and O–H groups in total. The first-order valence-electron chi connectivity index (χ1n) is 6.86. The molecule has 2 atom stereocenters. The molecule has 0 spiro atoms. The van der Waals surface area contributed by atoms with E-state index in [9.17, 15) is 5.11 Å². The van der Waals surface area contributed by atoms with Crippen molar-refractivity contribution in [2.75, 3.05) is 0 Å². The normalized spacial score (nSPS) is 13.9. The van der Waals surface area contributed by atoms with Crippen LogP contribution >= 0.6 is 11.6 Å². The molecule has 0 bridgehead atoms. The van der Waals surface area contributed by atoms with Crippen molar-refractivity contribution in [3.8, 4) is 5.75 Å². The van der Waals surface area contributed by atoms with E-state index in [-0.39, 0.29) is 0 Å². The summed E-state index contributed by atoms with van der Waals surface area (Å²) in [6, 6.07) is 6.87. The Morgan fingerprint density at radius 1 is 1.48 bits per heavy atom. The number of aliphatic imine (C=N–C) groups is 1. The average Bonchev–Trinajstić information content (AvgIpc) is 2.49. The van der Waals surface area contributed by atoms with Crippen LogP contribution in [-0.2, 0) is 0 Å². The molecule has 0 amide bonds. The second-order valence-electron chi connectivity index (χ2n) is 4.57. The standard InChI is InChI=1S/C15H22ClN3O2/c1-3-5-6-14(20)15(19(17)11-18-4-2)21-13-9-7-12(16)8-10-13/h4,7-11,14-15,20H,2-3,5-6,17H2,1H3/b18-11-. The summed E-state index contributed by atoms with van der Waals surface area (Å²) in [4.78, 5) is 3.84. The number of hydrogen-bond acceptors (Lipinski definition) is 4. The molecule has 5 nitrogen and oxygen atoms in total. The molecule has 0 aromatic heterocycles. The lowest BCUT2D eigenvalue weighted by molar-refractivity contribution is -0.0380. The van der Waals surface area contributed by atoms with Gasteiger partial charge in [-0.05, 0) is 30.7 Å². The van der Waals surface area contributed by atoms with Crippen LogP contribution in [0.4, 0.5) is 0 Å². The molecule has 1 rings (SSSR count). The molecule has 0 aliphatic carbocycles. The van der Waals surface area contributed by atoms with Gasteiger partial charge in [-0.25, -0.2) is 10.8 Å². The van der Waals surface area contributed by atoms with E-state index in [0.29, 0.717) is 17.2 Å². The first-order chi connectivity index (χ1) is 10.1. The van der Waals surface area contributed by atoms with Gasteiger partial charge in [-0.2, -0.15) is 0 Å². The van der Waals surface area contributed by atoms with Gasteiger partial charge in [0.1, 0.15) is 18.2 Å². The van der Waals surface area contributed by atoms with Crippen molar-refractivity contribution < 1.29 is 9.84 Å². The third-order valence-electron chi connectivity index (χ3n) is 2.85. The van der Waals surface area contributed by atoms with Crippen molar-refractivity contribution in [2.45, 2.75) is 38.5 Å². The molecular formula is C15H22ClN3O2. The van der Waals surface area contributed by atoms with Crippen LogP contribution < -0.4 is 10.6 Å². The number of nitrogens with zero attached hydrogens (tertiary/aromatic N) is 2. The van der Waals surface area contributed by atoms with Crippen LogP contribution in [0.25, 0.3) is 0 Å². The summed E-state index contributed by atoms with van der Waals surface area (Å²) in [5.74, 6) is 6.45. The van der Waals surface area contributed by atoms with Gasteiger partial charge in [0.2, 0.25) is 6.23 Å². The first kappa shape index (κ1) is 17.5. The van der Waals surface area contributed by atoms with Gasteiger partial charge in [0.15, 0.2) is 0 Å². The lowest BCUT2D eigenvalue weighted by Crippen LogP contribution is -2.50. The molecule has 6 heteroatoms. The Balaban J connectivity index is 2.81. The van der Waals surface area contributed by atoms with E-state index in [1.54, 1.807) is 24.3 Å². The predicted octanol–water partition coefficient (Wildman–Crippen LogP) is 2.94. The highest BCUT2D eigenvalue weighted by molar-refractivity contribution is 6.30. The third-order valence-corrected chi connectivity index (χ3v) is 3.10. The Kier molecular flexibility index (Phi) is 7.82. The lowest BCUT2D eigenvalue weighted by Gasteiger charge is -2.30. The minimum absolute atomic E-state index is 0.572. The number of halogens is 1. The Morgan fingerprint density at radius 2 is 2.14 bits per heavy atom. The number of aliphatic hydroxyl groups excluding tert-OH is 1. The molecule has 0 radical (unpaired) electrons. The van der Waals surface area contributed by atoms with E-state index in [4.69, 9.17) is 22.2 Å². The van der Waals surface area contributed by atoms with Gasteiger partial charge in [0, 0.05) is 11.2 Å². The molecule has 1 aromatic rings. The van der Waals surface area contributed by atoms with Gasteiger partial charge in [-0.1, -0.05) is 37.9 Å². The van der Waals surface area contributed by atoms with E-state index < -0.39 is 12.3 Å². The van der Waals surface area contributed by atoms with Crippen molar-refractivity contribution in [3.63, 3.8) is 0 Å². The Labute approximate surface area is 130 Å². The Bertz CT molecular complexity index is 451. The summed E-state index contributed by atoms with van der Waals surface area (Å²) in [5.41, 5.74) is 0. The second kappa shape index (κ2) is 9.39. The van der Waals surface area contributed by atoms with Crippen molar-refractivity contribution in [3.05, 3.63) is 42.1 Å². The van der Waals surface area contributed by atoms with E-state index in [2.05, 4.69) is 18.5 Å². The number of benzene rings is 1. The van der Waals surface area contributed by atoms with Crippen molar-refractivity contribution in [1.82, 2.24) is 5.01 Å². The SMILES string of the molecule is C=C/N=C\N(N)C(Oc1ccc(Cl)cc1)C(O)CCCC. The summed E-state index contributed by atoms with van der Waals surface area (Å²) < 4.78 is 5.75. The van der Waals surface area contributed by atoms with Crippen LogP contribution in [0.15, 0.2) is 42.0 Å². The second-order valence-corrected chi connectivity index (χ2v) is 5.00. The largest absolute Gasteiger partial charge is 0.466 e. The molecular weight excluding hydrogens is 290 g/mol. The molecule has 21 heavy (non-hydrogen) atoms. The fraction of sp³-hybridized carbons (Fsp3) is 0.400. The summed E-state index contributed by atoms with van der Waals surface area (Å²) in [7, 11) is 0. The number of ether oxygens (including phenoxy) is 1. The van der Waals surface area contributed by atoms with Crippen molar-refractivity contribution in [2.24, 2.45) is 10.8 Å². The molecule has 0 saturated carbocycles. The Morgan fingerprint density at radius 3 is 2.71 bits per heavy atom. The highest BCUT2D eigenvalue weighted by atomic mass is 35.5. The Hall–Kier alpha value is -1.56. The smallest absolute Gasteiger partial charge is 0.212 e. The molecule has 0 fully saturated rings. The number of aliphatic hydroxyl groups is 1. The molecule has 0 aliphatic rings. The van der Waals surface area contributed by atoms with E-state index in [1.807, 2.05) is 0 Å². The van der Waals surface area contributed by atoms with Crippen molar-refractivity contribution >= 4 is 17.9 Å². The van der Waals surface area contributed by atoms with Gasteiger partial charge in [0.25, 0.3) is 0 Å². The summed E-state index contributed by atoms with van der Waals surface area (Å²) in [6.07, 6.45) is 3.71. The van der Waals surface area contributed by atoms with Crippen LogP contribution in [0.2, 0.25) is 5.02 Å². The highest BCUT2D eigenvalue weighted by Crippen LogP contribution is 2.19. The van der Waals surface area contributed by atoms with Crippen LogP contribution in [0.5, 0.6) is 5.75 Å². The zero-order valence-electron chi connectivity index (χ0n) is 12.2. The van der Waals surface area contributed by atoms with Gasteiger partial charge in [0.05, 0.1) is 0 Å². The molecule has 2 unspecified atom stereocenters. The summed E-state index contributed by atoms with van der Waals surface area (Å²) in [5, 5.41) is 12.1. The maximum atomic E-state index is 10.3. The fourth-order valence-electron chi connectivity index (χ4n) is 1.74. The quantitative estimate of drug-likeness (QED) is 0.242. The summed E-state index contributed by atoms with van der Waals surface area (Å²) in [6.45, 7) is 5.54. The van der Waals surface area contributed by atoms with E-state index in [0.717, 1.165) is 12.8 Å². The molecule has 116 valence electrons. The number of hydrogen-bond donors (Lipinski definition) is 2. The third kappa shape index (κ3) is 6.16. The lowest BCUT2D eigenvalue weighted by atomic mass is 10.1. The number of unbranched alkanes of at least 4 members (excludes halogenated alkanes) is 1. The van der Waals surface area contributed by atoms with Gasteiger partial charge < -0.3 is 9.84 Å². The number of hydrazine groups is 1. The van der Waals surface area contributed by atoms with Crippen LogP contribution in [0.3, 0.4) is 0 Å². The topological polar surface area (TPSA) is 71.1 Å². The maximum absolute atomic E-state index is 10.3. The average molecular weight is 312 g/mol. The van der Waals surface area contributed by atoms with Gasteiger partial charge >= 0.3 is 0 Å². The maximum Gasteiger partial charge on any atom is 0.212 e. The minimum Gasteiger partial charge on any atom is -0.466 e. The molecule has 0 aliphatic heterocycles. The van der Waals surface area contributed by atoms with Crippen LogP contribution in [0.1, 0.15) is 26.2 Å². The zero-order chi connectivity index (χ0) is 15.7. The van der Waals surface area contributed by atoms with E-state index >= 15 is 0 Å². The number of rotatable bonds is 9. The molecule has 0 heterocycles. The van der Waals surface area contributed by atoms with Gasteiger partial charge in [-0.15, -0.1) is 0 Å². The molecule has 0 saturated heterocycles. The molecule has 1 aromatic carbocycles. The van der Waals surface area contributed by atoms with Crippen LogP contribution in [-0.4, -0.2) is 28.8 Å². The van der Waals surface area contributed by atoms with Crippen LogP contribution in [0, 0.1) is 0 Å². The minimum atomic E-state index is -0.735. The highest BCUT2D eigenvalue weighted by Gasteiger charge is 2.24. The predicted molar refractivity (Wildman–Crippen MR) is 86.1 cm³/mol. The number of nitrogens with two attached hydrogens (primary N) is 1. The van der Waals surface area contributed by atoms with E-state index in [1.165, 1.54) is 17.5 Å². The first-order valence-corrected chi connectivity index (χ1v) is 7.23. The van der Waals surface area contributed by atoms with Gasteiger partial charge in [-0.3, -0.25) is 5.01 Å². The van der Waals surface area contributed by atoms with Crippen molar-refractivity contribution in [1.29, 1.82) is 0 Å². The zero-order valence-corrected chi connectivity index (χ0v) is 12.9. The summed E-state index contributed by atoms with van der Waals surface area (Å²) >= 11 is 5.84.